The maximum atomic E-state index is 12.6. The molecule has 0 atom stereocenters. The number of hydrogen-bond donors (Lipinski definition) is 1. The Kier molecular flexibility index (Phi) is 6.76. The zero-order valence-electron chi connectivity index (χ0n) is 14.7. The number of oxime groups is 1. The van der Waals surface area contributed by atoms with E-state index in [1.165, 1.54) is 11.6 Å². The van der Waals surface area contributed by atoms with Gasteiger partial charge in [0.2, 0.25) is 0 Å². The average molecular weight is 477 g/mol. The van der Waals surface area contributed by atoms with E-state index >= 15 is 0 Å². The van der Waals surface area contributed by atoms with E-state index in [-0.39, 0.29) is 22.0 Å². The summed E-state index contributed by atoms with van der Waals surface area (Å²) >= 11 is 5.81. The zero-order chi connectivity index (χ0) is 22.7. The number of nitrogens with one attached hydrogen (secondary N) is 1. The lowest BCUT2D eigenvalue weighted by molar-refractivity contribution is -0.274. The SMILES string of the molecule is CC(=NOc1ccc(OC(F)(F)F)cc1)c1cc(Cl)ccc1NS(=O)(=O)C(F)(F)F. The van der Waals surface area contributed by atoms with Gasteiger partial charge in [-0.15, -0.1) is 13.2 Å². The molecule has 0 aliphatic rings. The van der Waals surface area contributed by atoms with Gasteiger partial charge >= 0.3 is 21.9 Å². The Morgan fingerprint density at radius 2 is 1.57 bits per heavy atom. The molecule has 0 aliphatic carbocycles. The highest BCUT2D eigenvalue weighted by molar-refractivity contribution is 7.93. The van der Waals surface area contributed by atoms with Gasteiger partial charge in [0.1, 0.15) is 5.75 Å². The zero-order valence-corrected chi connectivity index (χ0v) is 16.2. The highest BCUT2D eigenvalue weighted by atomic mass is 35.5. The van der Waals surface area contributed by atoms with Gasteiger partial charge in [0.15, 0.2) is 5.75 Å². The molecule has 0 spiro atoms. The summed E-state index contributed by atoms with van der Waals surface area (Å²) in [6, 6.07) is 7.42. The fourth-order valence-electron chi connectivity index (χ4n) is 1.98. The van der Waals surface area contributed by atoms with E-state index in [9.17, 15) is 34.8 Å². The molecule has 1 N–H and O–H groups in total. The van der Waals surface area contributed by atoms with Crippen LogP contribution in [0.25, 0.3) is 0 Å². The number of halogens is 7. The van der Waals surface area contributed by atoms with Gasteiger partial charge in [-0.25, -0.2) is 0 Å². The number of anilines is 1. The van der Waals surface area contributed by atoms with E-state index < -0.39 is 33.3 Å². The van der Waals surface area contributed by atoms with Gasteiger partial charge in [-0.3, -0.25) is 4.72 Å². The fraction of sp³-hybridized carbons (Fsp3) is 0.188. The monoisotopic (exact) mass is 476 g/mol. The third-order valence-corrected chi connectivity index (χ3v) is 4.60. The number of ether oxygens (including phenoxy) is 1. The summed E-state index contributed by atoms with van der Waals surface area (Å²) in [4.78, 5) is 5.01. The topological polar surface area (TPSA) is 77.0 Å². The van der Waals surface area contributed by atoms with Gasteiger partial charge in [0.05, 0.1) is 11.4 Å². The fourth-order valence-corrected chi connectivity index (χ4v) is 2.74. The molecular formula is C16H11ClF6N2O4S. The summed E-state index contributed by atoms with van der Waals surface area (Å²) in [5.74, 6) is -0.530. The van der Waals surface area contributed by atoms with Crippen molar-refractivity contribution >= 4 is 33.0 Å². The van der Waals surface area contributed by atoms with Crippen molar-refractivity contribution in [2.45, 2.75) is 18.8 Å². The highest BCUT2D eigenvalue weighted by Crippen LogP contribution is 2.29. The number of benzene rings is 2. The molecule has 0 saturated heterocycles. The van der Waals surface area contributed by atoms with Gasteiger partial charge in [-0.1, -0.05) is 16.8 Å². The minimum absolute atomic E-state index is 0.0247. The Labute approximate surface area is 171 Å². The maximum Gasteiger partial charge on any atom is 0.573 e. The van der Waals surface area contributed by atoms with Gasteiger partial charge in [0.25, 0.3) is 0 Å². The second kappa shape index (κ2) is 8.60. The molecule has 0 aromatic heterocycles. The number of hydrogen-bond acceptors (Lipinski definition) is 5. The lowest BCUT2D eigenvalue weighted by Crippen LogP contribution is -2.30. The van der Waals surface area contributed by atoms with Gasteiger partial charge in [-0.2, -0.15) is 21.6 Å². The third kappa shape index (κ3) is 6.42. The van der Waals surface area contributed by atoms with Crippen LogP contribution in [-0.2, 0) is 10.0 Å². The molecule has 164 valence electrons. The standard InChI is InChI=1S/C16H11ClF6N2O4S/c1-9(24-29-12-5-3-11(4-6-12)28-15(18,19)20)13-8-10(17)2-7-14(13)25-30(26,27)16(21,22)23/h2-8,25H,1H3. The van der Waals surface area contributed by atoms with Gasteiger partial charge in [-0.05, 0) is 49.4 Å². The number of rotatable bonds is 6. The molecule has 0 amide bonds. The van der Waals surface area contributed by atoms with Gasteiger partial charge < -0.3 is 9.57 Å². The molecule has 0 bridgehead atoms. The smallest absolute Gasteiger partial charge is 0.406 e. The van der Waals surface area contributed by atoms with Crippen molar-refractivity contribution in [1.82, 2.24) is 0 Å². The first kappa shape index (κ1) is 23.6. The highest BCUT2D eigenvalue weighted by Gasteiger charge is 2.46. The minimum Gasteiger partial charge on any atom is -0.406 e. The molecule has 0 radical (unpaired) electrons. The first-order valence-corrected chi connectivity index (χ1v) is 9.50. The van der Waals surface area contributed by atoms with Gasteiger partial charge in [0, 0.05) is 10.6 Å². The van der Waals surface area contributed by atoms with Crippen LogP contribution >= 0.6 is 11.6 Å². The molecule has 0 aliphatic heterocycles. The second-order valence-corrected chi connectivity index (χ2v) is 7.64. The van der Waals surface area contributed by atoms with Crippen molar-refractivity contribution < 1.29 is 44.3 Å². The average Bonchev–Trinajstić information content (AvgIpc) is 2.60. The minimum atomic E-state index is -5.70. The summed E-state index contributed by atoms with van der Waals surface area (Å²) in [5.41, 5.74) is -6.21. The van der Waals surface area contributed by atoms with Crippen molar-refractivity contribution in [2.24, 2.45) is 5.16 Å². The number of sulfonamides is 1. The van der Waals surface area contributed by atoms with E-state index in [1.807, 2.05) is 0 Å². The van der Waals surface area contributed by atoms with Crippen molar-refractivity contribution in [3.63, 3.8) is 0 Å². The third-order valence-electron chi connectivity index (χ3n) is 3.27. The molecule has 30 heavy (non-hydrogen) atoms. The quantitative estimate of drug-likeness (QED) is 0.348. The molecule has 6 nitrogen and oxygen atoms in total. The van der Waals surface area contributed by atoms with Crippen molar-refractivity contribution in [3.05, 3.63) is 53.1 Å². The lowest BCUT2D eigenvalue weighted by Gasteiger charge is -2.14. The molecule has 0 saturated carbocycles. The van der Waals surface area contributed by atoms with Crippen LogP contribution in [0.15, 0.2) is 47.6 Å². The normalized spacial score (nSPS) is 13.1. The molecule has 0 fully saturated rings. The molecule has 2 aromatic carbocycles. The molecule has 0 unspecified atom stereocenters. The van der Waals surface area contributed by atoms with E-state index in [0.29, 0.717) is 0 Å². The van der Waals surface area contributed by atoms with Crippen molar-refractivity contribution in [1.29, 1.82) is 0 Å². The predicted molar refractivity (Wildman–Crippen MR) is 96.0 cm³/mol. The molecule has 14 heteroatoms. The molecule has 0 heterocycles. The van der Waals surface area contributed by atoms with Crippen LogP contribution in [0.4, 0.5) is 32.0 Å². The summed E-state index contributed by atoms with van der Waals surface area (Å²) in [7, 11) is -5.70. The summed E-state index contributed by atoms with van der Waals surface area (Å²) < 4.78 is 102. The van der Waals surface area contributed by atoms with E-state index in [2.05, 4.69) is 9.89 Å². The molecular weight excluding hydrogens is 466 g/mol. The maximum absolute atomic E-state index is 12.6. The molecule has 2 rings (SSSR count). The Morgan fingerprint density at radius 3 is 2.10 bits per heavy atom. The Balaban J connectivity index is 2.25. The van der Waals surface area contributed by atoms with Crippen molar-refractivity contribution in [2.75, 3.05) is 4.72 Å². The van der Waals surface area contributed by atoms with Crippen LogP contribution in [0.5, 0.6) is 11.5 Å². The second-order valence-electron chi connectivity index (χ2n) is 5.53. The van der Waals surface area contributed by atoms with Crippen LogP contribution in [0.1, 0.15) is 12.5 Å². The van der Waals surface area contributed by atoms with Crippen LogP contribution in [0.2, 0.25) is 5.02 Å². The van der Waals surface area contributed by atoms with Crippen LogP contribution in [0, 0.1) is 0 Å². The van der Waals surface area contributed by atoms with Crippen LogP contribution < -0.4 is 14.3 Å². The summed E-state index contributed by atoms with van der Waals surface area (Å²) in [6.45, 7) is 1.29. The van der Waals surface area contributed by atoms with Crippen molar-refractivity contribution in [3.8, 4) is 11.5 Å². The Morgan fingerprint density at radius 1 is 1.00 bits per heavy atom. The van der Waals surface area contributed by atoms with Crippen LogP contribution in [0.3, 0.4) is 0 Å². The van der Waals surface area contributed by atoms with E-state index in [0.717, 1.165) is 42.5 Å². The first-order chi connectivity index (χ1) is 13.7. The largest absolute Gasteiger partial charge is 0.573 e. The number of nitrogens with zero attached hydrogens (tertiary/aromatic N) is 1. The predicted octanol–water partition coefficient (Wildman–Crippen LogP) is 5.30. The van der Waals surface area contributed by atoms with E-state index in [4.69, 9.17) is 16.4 Å². The summed E-state index contributed by atoms with van der Waals surface area (Å²) in [5, 5.41) is 3.71. The number of alkyl halides is 6. The Bertz CT molecular complexity index is 1040. The Hall–Kier alpha value is -2.67. The summed E-state index contributed by atoms with van der Waals surface area (Å²) in [6.07, 6.45) is -4.87. The van der Waals surface area contributed by atoms with Crippen LogP contribution in [-0.4, -0.2) is 26.0 Å². The first-order valence-electron chi connectivity index (χ1n) is 7.64. The lowest BCUT2D eigenvalue weighted by atomic mass is 10.1. The van der Waals surface area contributed by atoms with E-state index in [1.54, 1.807) is 0 Å². The molecule has 2 aromatic rings.